The normalized spacial score (nSPS) is 15.6. The molecule has 1 aliphatic rings. The first-order chi connectivity index (χ1) is 12.3. The summed E-state index contributed by atoms with van der Waals surface area (Å²) in [5.41, 5.74) is 3.93. The fourth-order valence-corrected chi connectivity index (χ4v) is 3.43. The molecule has 2 rings (SSSR count). The van der Waals surface area contributed by atoms with E-state index in [9.17, 15) is 10.1 Å². The average Bonchev–Trinajstić information content (AvgIpc) is 2.60. The zero-order valence-corrected chi connectivity index (χ0v) is 16.7. The summed E-state index contributed by atoms with van der Waals surface area (Å²) in [6.07, 6.45) is 6.44. The molecule has 4 heteroatoms. The van der Waals surface area contributed by atoms with Crippen LogP contribution in [0.2, 0.25) is 0 Å². The zero-order valence-electron chi connectivity index (χ0n) is 16.7. The van der Waals surface area contributed by atoms with Crippen LogP contribution in [0.5, 0.6) is 0 Å². The SMILES string of the molecule is CCN(/C=C(/C#N)C(=O)NC(C)c1ccc2c(c1)CCCC2)C(C)(C)C. The van der Waals surface area contributed by atoms with Gasteiger partial charge in [0.1, 0.15) is 11.6 Å². The van der Waals surface area contributed by atoms with Gasteiger partial charge in [-0.3, -0.25) is 4.79 Å². The number of nitriles is 1. The molecule has 1 aromatic rings. The maximum Gasteiger partial charge on any atom is 0.263 e. The van der Waals surface area contributed by atoms with E-state index in [1.54, 1.807) is 6.20 Å². The second-order valence-corrected chi connectivity index (χ2v) is 8.04. The number of aryl methyl sites for hydroxylation is 2. The quantitative estimate of drug-likeness (QED) is 0.635. The van der Waals surface area contributed by atoms with Crippen molar-refractivity contribution >= 4 is 5.91 Å². The van der Waals surface area contributed by atoms with E-state index in [0.717, 1.165) is 24.9 Å². The van der Waals surface area contributed by atoms with Crippen molar-refractivity contribution in [3.8, 4) is 6.07 Å². The van der Waals surface area contributed by atoms with E-state index >= 15 is 0 Å². The third-order valence-corrected chi connectivity index (χ3v) is 5.07. The highest BCUT2D eigenvalue weighted by atomic mass is 16.1. The topological polar surface area (TPSA) is 56.1 Å². The largest absolute Gasteiger partial charge is 0.372 e. The smallest absolute Gasteiger partial charge is 0.263 e. The van der Waals surface area contributed by atoms with Crippen LogP contribution in [0, 0.1) is 11.3 Å². The van der Waals surface area contributed by atoms with Crippen molar-refractivity contribution < 1.29 is 4.79 Å². The lowest BCUT2D eigenvalue weighted by Crippen LogP contribution is -2.38. The standard InChI is InChI=1S/C22H31N3O/c1-6-25(22(3,4)5)15-20(14-23)21(26)24-16(2)18-12-11-17-9-7-8-10-19(17)13-18/h11-13,15-16H,6-10H2,1-5H3,(H,24,26)/b20-15-. The van der Waals surface area contributed by atoms with Crippen molar-refractivity contribution in [3.05, 3.63) is 46.7 Å². The monoisotopic (exact) mass is 353 g/mol. The Balaban J connectivity index is 2.13. The molecule has 0 saturated carbocycles. The Morgan fingerprint density at radius 2 is 1.96 bits per heavy atom. The Hall–Kier alpha value is -2.28. The maximum absolute atomic E-state index is 12.6. The Morgan fingerprint density at radius 1 is 1.31 bits per heavy atom. The molecule has 1 amide bonds. The van der Waals surface area contributed by atoms with Crippen molar-refractivity contribution in [2.45, 2.75) is 71.9 Å². The molecule has 1 aromatic carbocycles. The van der Waals surface area contributed by atoms with Gasteiger partial charge in [-0.25, -0.2) is 0 Å². The molecule has 26 heavy (non-hydrogen) atoms. The predicted molar refractivity (Wildman–Crippen MR) is 105 cm³/mol. The summed E-state index contributed by atoms with van der Waals surface area (Å²) in [7, 11) is 0. The number of hydrogen-bond donors (Lipinski definition) is 1. The number of hydrogen-bond acceptors (Lipinski definition) is 3. The van der Waals surface area contributed by atoms with Crippen LogP contribution in [0.4, 0.5) is 0 Å². The number of amides is 1. The molecule has 140 valence electrons. The second kappa shape index (κ2) is 8.40. The minimum absolute atomic E-state index is 0.129. The lowest BCUT2D eigenvalue weighted by Gasteiger charge is -2.34. The van der Waals surface area contributed by atoms with E-state index in [0.29, 0.717) is 0 Å². The van der Waals surface area contributed by atoms with E-state index in [1.165, 1.54) is 24.0 Å². The molecule has 0 fully saturated rings. The first-order valence-electron chi connectivity index (χ1n) is 9.57. The van der Waals surface area contributed by atoms with Crippen LogP contribution in [0.1, 0.15) is 70.2 Å². The Bertz CT molecular complexity index is 722. The number of rotatable bonds is 5. The highest BCUT2D eigenvalue weighted by Crippen LogP contribution is 2.25. The van der Waals surface area contributed by atoms with Crippen molar-refractivity contribution in [2.75, 3.05) is 6.54 Å². The van der Waals surface area contributed by atoms with E-state index in [4.69, 9.17) is 0 Å². The summed E-state index contributed by atoms with van der Waals surface area (Å²) < 4.78 is 0. The molecule has 0 saturated heterocycles. The van der Waals surface area contributed by atoms with Crippen LogP contribution in [0.25, 0.3) is 0 Å². The van der Waals surface area contributed by atoms with Gasteiger partial charge in [0.15, 0.2) is 0 Å². The highest BCUT2D eigenvalue weighted by molar-refractivity contribution is 5.97. The van der Waals surface area contributed by atoms with Crippen molar-refractivity contribution in [1.29, 1.82) is 5.26 Å². The molecule has 1 atom stereocenters. The molecule has 0 aliphatic heterocycles. The number of nitrogens with zero attached hydrogens (tertiary/aromatic N) is 2. The molecule has 0 heterocycles. The number of benzene rings is 1. The Morgan fingerprint density at radius 3 is 2.54 bits per heavy atom. The van der Waals surface area contributed by atoms with E-state index in [1.807, 2.05) is 18.7 Å². The van der Waals surface area contributed by atoms with Crippen LogP contribution >= 0.6 is 0 Å². The minimum Gasteiger partial charge on any atom is -0.372 e. The van der Waals surface area contributed by atoms with Crippen LogP contribution < -0.4 is 5.32 Å². The molecule has 1 N–H and O–H groups in total. The van der Waals surface area contributed by atoms with E-state index in [2.05, 4.69) is 50.4 Å². The molecular formula is C22H31N3O. The van der Waals surface area contributed by atoms with Crippen molar-refractivity contribution in [3.63, 3.8) is 0 Å². The Labute approximate surface area is 157 Å². The lowest BCUT2D eigenvalue weighted by molar-refractivity contribution is -0.117. The van der Waals surface area contributed by atoms with Gasteiger partial charge in [-0.2, -0.15) is 5.26 Å². The average molecular weight is 354 g/mol. The third kappa shape index (κ3) is 4.88. The highest BCUT2D eigenvalue weighted by Gasteiger charge is 2.21. The molecule has 0 bridgehead atoms. The van der Waals surface area contributed by atoms with E-state index in [-0.39, 0.29) is 23.1 Å². The fraction of sp³-hybridized carbons (Fsp3) is 0.545. The third-order valence-electron chi connectivity index (χ3n) is 5.07. The molecule has 0 spiro atoms. The second-order valence-electron chi connectivity index (χ2n) is 8.04. The number of carbonyl (C=O) groups excluding carboxylic acids is 1. The van der Waals surface area contributed by atoms with Crippen LogP contribution in [-0.2, 0) is 17.6 Å². The Kier molecular flexibility index (Phi) is 6.47. The summed E-state index contributed by atoms with van der Waals surface area (Å²) in [4.78, 5) is 14.6. The maximum atomic E-state index is 12.6. The lowest BCUT2D eigenvalue weighted by atomic mass is 9.89. The molecule has 0 radical (unpaired) electrons. The first kappa shape index (κ1) is 20.0. The molecule has 1 aliphatic carbocycles. The number of fused-ring (bicyclic) bond motifs is 1. The van der Waals surface area contributed by atoms with Gasteiger partial charge in [0.05, 0.1) is 6.04 Å². The van der Waals surface area contributed by atoms with Crippen molar-refractivity contribution in [2.24, 2.45) is 0 Å². The molecule has 4 nitrogen and oxygen atoms in total. The van der Waals surface area contributed by atoms with E-state index < -0.39 is 0 Å². The van der Waals surface area contributed by atoms with Gasteiger partial charge in [0.25, 0.3) is 5.91 Å². The summed E-state index contributed by atoms with van der Waals surface area (Å²) in [6, 6.07) is 8.42. The summed E-state index contributed by atoms with van der Waals surface area (Å²) >= 11 is 0. The van der Waals surface area contributed by atoms with Crippen LogP contribution in [0.3, 0.4) is 0 Å². The summed E-state index contributed by atoms with van der Waals surface area (Å²) in [5, 5.41) is 12.4. The van der Waals surface area contributed by atoms with Gasteiger partial charge < -0.3 is 10.2 Å². The van der Waals surface area contributed by atoms with Gasteiger partial charge in [-0.15, -0.1) is 0 Å². The minimum atomic E-state index is -0.319. The number of carbonyl (C=O) groups is 1. The molecule has 0 aromatic heterocycles. The fourth-order valence-electron chi connectivity index (χ4n) is 3.43. The number of nitrogens with one attached hydrogen (secondary N) is 1. The van der Waals surface area contributed by atoms with Gasteiger partial charge in [0, 0.05) is 18.3 Å². The zero-order chi connectivity index (χ0) is 19.3. The first-order valence-corrected chi connectivity index (χ1v) is 9.57. The summed E-state index contributed by atoms with van der Waals surface area (Å²) in [6.45, 7) is 10.9. The summed E-state index contributed by atoms with van der Waals surface area (Å²) in [5.74, 6) is -0.319. The molecule has 1 unspecified atom stereocenters. The van der Waals surface area contributed by atoms with Crippen molar-refractivity contribution in [1.82, 2.24) is 10.2 Å². The van der Waals surface area contributed by atoms with Crippen LogP contribution in [-0.4, -0.2) is 22.9 Å². The predicted octanol–water partition coefficient (Wildman–Crippen LogP) is 4.27. The van der Waals surface area contributed by atoms with Gasteiger partial charge in [-0.1, -0.05) is 18.2 Å². The van der Waals surface area contributed by atoms with Gasteiger partial charge in [-0.05, 0) is 77.0 Å². The molecular weight excluding hydrogens is 322 g/mol. The van der Waals surface area contributed by atoms with Gasteiger partial charge in [0.2, 0.25) is 0 Å². The van der Waals surface area contributed by atoms with Gasteiger partial charge >= 0.3 is 0 Å². The van der Waals surface area contributed by atoms with Crippen LogP contribution in [0.15, 0.2) is 30.0 Å².